The van der Waals surface area contributed by atoms with Crippen molar-refractivity contribution in [2.75, 3.05) is 26.2 Å². The predicted octanol–water partition coefficient (Wildman–Crippen LogP) is 2.21. The second kappa shape index (κ2) is 8.20. The van der Waals surface area contributed by atoms with Crippen LogP contribution < -0.4 is 5.32 Å². The van der Waals surface area contributed by atoms with Gasteiger partial charge in [-0.3, -0.25) is 4.98 Å². The fraction of sp³-hybridized carbons (Fsp3) is 0.643. The van der Waals surface area contributed by atoms with Crippen molar-refractivity contribution in [2.45, 2.75) is 33.7 Å². The van der Waals surface area contributed by atoms with Gasteiger partial charge in [-0.05, 0) is 51.2 Å². The van der Waals surface area contributed by atoms with Crippen LogP contribution in [0.5, 0.6) is 0 Å². The van der Waals surface area contributed by atoms with E-state index in [4.69, 9.17) is 0 Å². The molecule has 1 aromatic rings. The first kappa shape index (κ1) is 14.1. The predicted molar refractivity (Wildman–Crippen MR) is 73.1 cm³/mol. The molecule has 0 aliphatic carbocycles. The summed E-state index contributed by atoms with van der Waals surface area (Å²) in [6.45, 7) is 11.9. The summed E-state index contributed by atoms with van der Waals surface area (Å²) in [5, 5.41) is 3.46. The van der Waals surface area contributed by atoms with Crippen molar-refractivity contribution in [2.24, 2.45) is 0 Å². The zero-order valence-corrected chi connectivity index (χ0v) is 11.4. The van der Waals surface area contributed by atoms with Crippen LogP contribution in [0.1, 0.15) is 31.5 Å². The monoisotopic (exact) mass is 235 g/mol. The van der Waals surface area contributed by atoms with Gasteiger partial charge in [-0.25, -0.2) is 0 Å². The van der Waals surface area contributed by atoms with E-state index in [1.807, 2.05) is 13.1 Å². The quantitative estimate of drug-likeness (QED) is 0.700. The Morgan fingerprint density at radius 2 is 2.00 bits per heavy atom. The number of pyridine rings is 1. The Labute approximate surface area is 105 Å². The van der Waals surface area contributed by atoms with Gasteiger partial charge in [0.05, 0.1) is 0 Å². The molecule has 0 radical (unpaired) electrons. The SMILES string of the molecule is CCN(CC)CCCNCc1ccc(C)nc1. The van der Waals surface area contributed by atoms with Gasteiger partial charge >= 0.3 is 0 Å². The fourth-order valence-electron chi connectivity index (χ4n) is 1.80. The van der Waals surface area contributed by atoms with Crippen LogP contribution in [-0.2, 0) is 6.54 Å². The van der Waals surface area contributed by atoms with Crippen molar-refractivity contribution in [3.8, 4) is 0 Å². The summed E-state index contributed by atoms with van der Waals surface area (Å²) in [5.74, 6) is 0. The molecule has 3 nitrogen and oxygen atoms in total. The van der Waals surface area contributed by atoms with E-state index in [0.29, 0.717) is 0 Å². The first-order valence-corrected chi connectivity index (χ1v) is 6.60. The van der Waals surface area contributed by atoms with Gasteiger partial charge in [0, 0.05) is 18.4 Å². The number of aryl methyl sites for hydroxylation is 1. The van der Waals surface area contributed by atoms with E-state index >= 15 is 0 Å². The Balaban J connectivity index is 2.10. The van der Waals surface area contributed by atoms with Crippen molar-refractivity contribution in [1.29, 1.82) is 0 Å². The van der Waals surface area contributed by atoms with Gasteiger partial charge in [-0.15, -0.1) is 0 Å². The second-order valence-electron chi connectivity index (χ2n) is 4.37. The van der Waals surface area contributed by atoms with Crippen molar-refractivity contribution in [3.63, 3.8) is 0 Å². The Kier molecular flexibility index (Phi) is 6.82. The maximum absolute atomic E-state index is 4.28. The van der Waals surface area contributed by atoms with E-state index in [1.54, 1.807) is 0 Å². The average Bonchev–Trinajstić information content (AvgIpc) is 2.36. The van der Waals surface area contributed by atoms with Crippen molar-refractivity contribution >= 4 is 0 Å². The number of nitrogens with zero attached hydrogens (tertiary/aromatic N) is 2. The highest BCUT2D eigenvalue weighted by Gasteiger charge is 1.98. The minimum absolute atomic E-state index is 0.922. The van der Waals surface area contributed by atoms with E-state index in [0.717, 1.165) is 31.9 Å². The lowest BCUT2D eigenvalue weighted by molar-refractivity contribution is 0.298. The molecule has 0 saturated heterocycles. The molecule has 1 rings (SSSR count). The van der Waals surface area contributed by atoms with E-state index in [9.17, 15) is 0 Å². The Morgan fingerprint density at radius 3 is 2.59 bits per heavy atom. The van der Waals surface area contributed by atoms with Crippen LogP contribution in [0.25, 0.3) is 0 Å². The van der Waals surface area contributed by atoms with Gasteiger partial charge in [-0.1, -0.05) is 19.9 Å². The zero-order chi connectivity index (χ0) is 12.5. The van der Waals surface area contributed by atoms with Gasteiger partial charge in [-0.2, -0.15) is 0 Å². The molecular weight excluding hydrogens is 210 g/mol. The number of nitrogens with one attached hydrogen (secondary N) is 1. The smallest absolute Gasteiger partial charge is 0.0372 e. The van der Waals surface area contributed by atoms with Crippen molar-refractivity contribution < 1.29 is 0 Å². The van der Waals surface area contributed by atoms with Crippen molar-refractivity contribution in [3.05, 3.63) is 29.6 Å². The largest absolute Gasteiger partial charge is 0.313 e. The summed E-state index contributed by atoms with van der Waals surface area (Å²) in [4.78, 5) is 6.74. The minimum atomic E-state index is 0.922. The summed E-state index contributed by atoms with van der Waals surface area (Å²) >= 11 is 0. The second-order valence-corrected chi connectivity index (χ2v) is 4.37. The molecule has 1 heterocycles. The maximum Gasteiger partial charge on any atom is 0.0372 e. The Hall–Kier alpha value is -0.930. The fourth-order valence-corrected chi connectivity index (χ4v) is 1.80. The minimum Gasteiger partial charge on any atom is -0.313 e. The molecule has 0 aromatic carbocycles. The number of rotatable bonds is 8. The van der Waals surface area contributed by atoms with Crippen molar-refractivity contribution in [1.82, 2.24) is 15.2 Å². The molecule has 17 heavy (non-hydrogen) atoms. The van der Waals surface area contributed by atoms with E-state index in [2.05, 4.69) is 41.2 Å². The molecule has 1 aromatic heterocycles. The third-order valence-electron chi connectivity index (χ3n) is 3.02. The highest BCUT2D eigenvalue weighted by molar-refractivity contribution is 5.12. The van der Waals surface area contributed by atoms with Crippen LogP contribution in [0.2, 0.25) is 0 Å². The number of hydrogen-bond donors (Lipinski definition) is 1. The topological polar surface area (TPSA) is 28.2 Å². The van der Waals surface area contributed by atoms with Crippen LogP contribution in [0.15, 0.2) is 18.3 Å². The van der Waals surface area contributed by atoms with E-state index < -0.39 is 0 Å². The van der Waals surface area contributed by atoms with E-state index in [1.165, 1.54) is 18.5 Å². The third kappa shape index (κ3) is 5.80. The zero-order valence-electron chi connectivity index (χ0n) is 11.4. The Morgan fingerprint density at radius 1 is 1.24 bits per heavy atom. The highest BCUT2D eigenvalue weighted by atomic mass is 15.1. The van der Waals surface area contributed by atoms with Crippen LogP contribution in [-0.4, -0.2) is 36.1 Å². The molecule has 0 atom stereocenters. The lowest BCUT2D eigenvalue weighted by Crippen LogP contribution is -2.27. The summed E-state index contributed by atoms with van der Waals surface area (Å²) < 4.78 is 0. The highest BCUT2D eigenvalue weighted by Crippen LogP contribution is 1.98. The summed E-state index contributed by atoms with van der Waals surface area (Å²) in [6, 6.07) is 4.20. The van der Waals surface area contributed by atoms with Crippen LogP contribution in [0.3, 0.4) is 0 Å². The first-order valence-electron chi connectivity index (χ1n) is 6.60. The molecule has 0 bridgehead atoms. The lowest BCUT2D eigenvalue weighted by Gasteiger charge is -2.17. The molecule has 3 heteroatoms. The normalized spacial score (nSPS) is 11.1. The van der Waals surface area contributed by atoms with Crippen LogP contribution in [0, 0.1) is 6.92 Å². The maximum atomic E-state index is 4.28. The van der Waals surface area contributed by atoms with Gasteiger partial charge < -0.3 is 10.2 Å². The van der Waals surface area contributed by atoms with Gasteiger partial charge in [0.15, 0.2) is 0 Å². The molecule has 0 aliphatic rings. The van der Waals surface area contributed by atoms with Crippen LogP contribution in [0.4, 0.5) is 0 Å². The third-order valence-corrected chi connectivity index (χ3v) is 3.02. The molecule has 1 N–H and O–H groups in total. The lowest BCUT2D eigenvalue weighted by atomic mass is 10.2. The molecular formula is C14H25N3. The molecule has 0 fully saturated rings. The van der Waals surface area contributed by atoms with E-state index in [-0.39, 0.29) is 0 Å². The Bertz CT molecular complexity index is 291. The van der Waals surface area contributed by atoms with Crippen LogP contribution >= 0.6 is 0 Å². The average molecular weight is 235 g/mol. The molecule has 0 amide bonds. The van der Waals surface area contributed by atoms with Gasteiger partial charge in [0.25, 0.3) is 0 Å². The summed E-state index contributed by atoms with van der Waals surface area (Å²) in [5.41, 5.74) is 2.34. The number of aromatic nitrogens is 1. The first-order chi connectivity index (χ1) is 8.26. The molecule has 0 saturated carbocycles. The summed E-state index contributed by atoms with van der Waals surface area (Å²) in [7, 11) is 0. The number of hydrogen-bond acceptors (Lipinski definition) is 3. The standard InChI is InChI=1S/C14H25N3/c1-4-17(5-2)10-6-9-15-11-14-8-7-13(3)16-12-14/h7-8,12,15H,4-6,9-11H2,1-3H3. The van der Waals surface area contributed by atoms with Gasteiger partial charge in [0.1, 0.15) is 0 Å². The molecule has 0 spiro atoms. The van der Waals surface area contributed by atoms with Gasteiger partial charge in [0.2, 0.25) is 0 Å². The molecule has 0 unspecified atom stereocenters. The molecule has 96 valence electrons. The molecule has 0 aliphatic heterocycles. The summed E-state index contributed by atoms with van der Waals surface area (Å²) in [6.07, 6.45) is 3.16.